The van der Waals surface area contributed by atoms with Crippen LogP contribution in [-0.4, -0.2) is 48.2 Å². The van der Waals surface area contributed by atoms with E-state index in [1.165, 1.54) is 11.3 Å². The van der Waals surface area contributed by atoms with Gasteiger partial charge in [-0.2, -0.15) is 0 Å². The predicted octanol–water partition coefficient (Wildman–Crippen LogP) is 5.03. The number of benzene rings is 2. The molecule has 0 radical (unpaired) electrons. The van der Waals surface area contributed by atoms with Crippen molar-refractivity contribution in [3.8, 4) is 22.8 Å². The van der Waals surface area contributed by atoms with Gasteiger partial charge < -0.3 is 19.5 Å². The first-order chi connectivity index (χ1) is 15.9. The average molecular weight is 467 g/mol. The number of carbonyl (C=O) groups excluding carboxylic acids is 1. The van der Waals surface area contributed by atoms with Crippen LogP contribution in [0.4, 0.5) is 0 Å². The number of aliphatic hydroxyl groups excluding tert-OH is 1. The lowest BCUT2D eigenvalue weighted by Gasteiger charge is -2.26. The Morgan fingerprint density at radius 2 is 1.82 bits per heavy atom. The molecule has 1 aliphatic rings. The molecule has 174 valence electrons. The van der Waals surface area contributed by atoms with Crippen molar-refractivity contribution in [2.75, 3.05) is 27.3 Å². The highest BCUT2D eigenvalue weighted by molar-refractivity contribution is 7.14. The summed E-state index contributed by atoms with van der Waals surface area (Å²) in [6.07, 6.45) is 1.38. The van der Waals surface area contributed by atoms with Crippen LogP contribution in [0.5, 0.6) is 11.5 Å². The second-order valence-electron chi connectivity index (χ2n) is 8.56. The summed E-state index contributed by atoms with van der Waals surface area (Å²) >= 11 is 1.41. The van der Waals surface area contributed by atoms with Crippen LogP contribution >= 0.6 is 11.3 Å². The minimum Gasteiger partial charge on any atom is -0.493 e. The molecule has 1 amide bonds. The number of ether oxygens (including phenoxy) is 2. The Morgan fingerprint density at radius 3 is 2.45 bits per heavy atom. The molecule has 7 heteroatoms. The van der Waals surface area contributed by atoms with Gasteiger partial charge in [-0.05, 0) is 50.3 Å². The maximum atomic E-state index is 13.7. The van der Waals surface area contributed by atoms with Gasteiger partial charge in [-0.15, -0.1) is 11.3 Å². The number of nitrogens with zero attached hydrogens (tertiary/aromatic N) is 2. The summed E-state index contributed by atoms with van der Waals surface area (Å²) in [5.74, 6) is 1.56. The highest BCUT2D eigenvalue weighted by atomic mass is 32.1. The maximum Gasteiger partial charge on any atom is 0.266 e. The fourth-order valence-electron chi connectivity index (χ4n) is 3.85. The van der Waals surface area contributed by atoms with Crippen molar-refractivity contribution in [1.82, 2.24) is 9.88 Å². The number of hydrogen-bond donors (Lipinski definition) is 1. The van der Waals surface area contributed by atoms with Gasteiger partial charge in [0, 0.05) is 12.1 Å². The number of aromatic nitrogens is 1. The molecule has 33 heavy (non-hydrogen) atoms. The van der Waals surface area contributed by atoms with Gasteiger partial charge in [-0.1, -0.05) is 35.9 Å². The van der Waals surface area contributed by atoms with Crippen molar-refractivity contribution in [1.29, 1.82) is 0 Å². The van der Waals surface area contributed by atoms with Gasteiger partial charge in [-0.3, -0.25) is 4.79 Å². The number of rotatable bonds is 9. The molecule has 2 aromatic carbocycles. The number of thiazole rings is 1. The van der Waals surface area contributed by atoms with Gasteiger partial charge in [0.25, 0.3) is 5.91 Å². The lowest BCUT2D eigenvalue weighted by Crippen LogP contribution is -2.36. The van der Waals surface area contributed by atoms with Crippen molar-refractivity contribution < 1.29 is 19.4 Å². The minimum absolute atomic E-state index is 0.0809. The standard InChI is InChI=1S/C26H30N2O4S/c1-16-5-9-19(10-6-16)24-25(33-17(2)27-24)26(30)28(14-18-7-8-18)15-21(29)20-11-12-22(31-3)23(13-20)32-4/h5-6,9-13,18,21,29H,7-8,14-15H2,1-4H3. The quantitative estimate of drug-likeness (QED) is 0.479. The Bertz CT molecular complexity index is 1120. The van der Waals surface area contributed by atoms with Crippen molar-refractivity contribution >= 4 is 17.2 Å². The van der Waals surface area contributed by atoms with E-state index in [4.69, 9.17) is 9.47 Å². The number of carbonyl (C=O) groups is 1. The fourth-order valence-corrected chi connectivity index (χ4v) is 4.76. The van der Waals surface area contributed by atoms with E-state index in [1.807, 2.05) is 38.1 Å². The Kier molecular flexibility index (Phi) is 7.00. The Hall–Kier alpha value is -2.90. The van der Waals surface area contributed by atoms with Gasteiger partial charge in [0.05, 0.1) is 37.6 Å². The number of aliphatic hydroxyl groups is 1. The van der Waals surface area contributed by atoms with E-state index in [0.717, 1.165) is 29.0 Å². The average Bonchev–Trinajstić information content (AvgIpc) is 3.56. The zero-order valence-corrected chi connectivity index (χ0v) is 20.3. The molecule has 1 aliphatic carbocycles. The van der Waals surface area contributed by atoms with Crippen LogP contribution in [0, 0.1) is 19.8 Å². The molecule has 1 aromatic heterocycles. The van der Waals surface area contributed by atoms with E-state index in [-0.39, 0.29) is 12.5 Å². The monoisotopic (exact) mass is 466 g/mol. The van der Waals surface area contributed by atoms with Crippen molar-refractivity contribution in [3.63, 3.8) is 0 Å². The molecule has 1 atom stereocenters. The summed E-state index contributed by atoms with van der Waals surface area (Å²) in [6.45, 7) is 4.79. The van der Waals surface area contributed by atoms with E-state index >= 15 is 0 Å². The van der Waals surface area contributed by atoms with Crippen LogP contribution < -0.4 is 9.47 Å². The number of methoxy groups -OCH3 is 2. The molecule has 0 spiro atoms. The first kappa shape index (κ1) is 23.3. The third-order valence-corrected chi connectivity index (χ3v) is 6.86. The molecule has 1 fully saturated rings. The Morgan fingerprint density at radius 1 is 1.12 bits per heavy atom. The van der Waals surface area contributed by atoms with Gasteiger partial charge >= 0.3 is 0 Å². The molecule has 1 N–H and O–H groups in total. The molecular weight excluding hydrogens is 436 g/mol. The highest BCUT2D eigenvalue weighted by Crippen LogP contribution is 2.35. The smallest absolute Gasteiger partial charge is 0.266 e. The molecule has 0 saturated heterocycles. The summed E-state index contributed by atoms with van der Waals surface area (Å²) < 4.78 is 10.7. The molecule has 4 rings (SSSR count). The summed E-state index contributed by atoms with van der Waals surface area (Å²) in [5.41, 5.74) is 3.48. The fraction of sp³-hybridized carbons (Fsp3) is 0.385. The summed E-state index contributed by atoms with van der Waals surface area (Å²) in [5, 5.41) is 11.9. The van der Waals surface area contributed by atoms with Gasteiger partial charge in [0.1, 0.15) is 4.88 Å². The first-order valence-electron chi connectivity index (χ1n) is 11.1. The van der Waals surface area contributed by atoms with Gasteiger partial charge in [0.15, 0.2) is 11.5 Å². The normalized spacial score (nSPS) is 14.1. The number of hydrogen-bond acceptors (Lipinski definition) is 6. The molecule has 3 aromatic rings. The van der Waals surface area contributed by atoms with Gasteiger partial charge in [0.2, 0.25) is 0 Å². The molecular formula is C26H30N2O4S. The van der Waals surface area contributed by atoms with Crippen molar-refractivity contribution in [2.45, 2.75) is 32.8 Å². The van der Waals surface area contributed by atoms with E-state index in [9.17, 15) is 9.90 Å². The molecule has 6 nitrogen and oxygen atoms in total. The second kappa shape index (κ2) is 9.93. The Balaban J connectivity index is 1.61. The molecule has 1 saturated carbocycles. The maximum absolute atomic E-state index is 13.7. The van der Waals surface area contributed by atoms with Crippen LogP contribution in [0.25, 0.3) is 11.3 Å². The first-order valence-corrected chi connectivity index (χ1v) is 11.9. The molecule has 1 unspecified atom stereocenters. The SMILES string of the molecule is COc1ccc(C(O)CN(CC2CC2)C(=O)c2sc(C)nc2-c2ccc(C)cc2)cc1OC. The molecule has 0 aliphatic heterocycles. The third-order valence-electron chi connectivity index (χ3n) is 5.90. The second-order valence-corrected chi connectivity index (χ2v) is 9.76. The Labute approximate surface area is 198 Å². The van der Waals surface area contributed by atoms with E-state index in [2.05, 4.69) is 4.98 Å². The lowest BCUT2D eigenvalue weighted by molar-refractivity contribution is 0.0615. The number of aryl methyl sites for hydroxylation is 2. The number of amides is 1. The van der Waals surface area contributed by atoms with E-state index in [0.29, 0.717) is 40.1 Å². The third kappa shape index (κ3) is 5.37. The van der Waals surface area contributed by atoms with Crippen LogP contribution in [0.15, 0.2) is 42.5 Å². The molecule has 1 heterocycles. The predicted molar refractivity (Wildman–Crippen MR) is 130 cm³/mol. The van der Waals surface area contributed by atoms with Crippen molar-refractivity contribution in [3.05, 3.63) is 63.5 Å². The highest BCUT2D eigenvalue weighted by Gasteiger charge is 2.31. The van der Waals surface area contributed by atoms with E-state index in [1.54, 1.807) is 37.3 Å². The summed E-state index contributed by atoms with van der Waals surface area (Å²) in [6, 6.07) is 13.4. The summed E-state index contributed by atoms with van der Waals surface area (Å²) in [7, 11) is 3.14. The zero-order chi connectivity index (χ0) is 23.5. The van der Waals surface area contributed by atoms with Crippen molar-refractivity contribution in [2.24, 2.45) is 5.92 Å². The van der Waals surface area contributed by atoms with E-state index < -0.39 is 6.10 Å². The largest absolute Gasteiger partial charge is 0.493 e. The van der Waals surface area contributed by atoms with Crippen LogP contribution in [0.3, 0.4) is 0 Å². The minimum atomic E-state index is -0.843. The zero-order valence-electron chi connectivity index (χ0n) is 19.5. The topological polar surface area (TPSA) is 71.9 Å². The molecule has 0 bridgehead atoms. The van der Waals surface area contributed by atoms with Crippen LogP contribution in [-0.2, 0) is 0 Å². The van der Waals surface area contributed by atoms with Gasteiger partial charge in [-0.25, -0.2) is 4.98 Å². The lowest BCUT2D eigenvalue weighted by atomic mass is 10.1. The van der Waals surface area contributed by atoms with Crippen LogP contribution in [0.2, 0.25) is 0 Å². The van der Waals surface area contributed by atoms with Crippen LogP contribution in [0.1, 0.15) is 44.8 Å². The summed E-state index contributed by atoms with van der Waals surface area (Å²) in [4.78, 5) is 20.8.